The van der Waals surface area contributed by atoms with Crippen molar-refractivity contribution in [2.75, 3.05) is 0 Å². The molecule has 3 heteroatoms. The van der Waals surface area contributed by atoms with Gasteiger partial charge < -0.3 is 9.16 Å². The second kappa shape index (κ2) is 11.4. The molecule has 0 aromatic heterocycles. The van der Waals surface area contributed by atoms with E-state index < -0.39 is 9.04 Å². The molecule has 0 aliphatic heterocycles. The van der Waals surface area contributed by atoms with Gasteiger partial charge in [0.1, 0.15) is 12.4 Å². The maximum atomic E-state index is 6.47. The largest absolute Gasteiger partial charge is 0.547 e. The van der Waals surface area contributed by atoms with Crippen LogP contribution in [0.1, 0.15) is 68.2 Å². The first-order valence-electron chi connectivity index (χ1n) is 14.2. The van der Waals surface area contributed by atoms with E-state index in [0.29, 0.717) is 24.4 Å². The first kappa shape index (κ1) is 26.6. The van der Waals surface area contributed by atoms with Gasteiger partial charge in [0, 0.05) is 11.5 Å². The van der Waals surface area contributed by atoms with Gasteiger partial charge >= 0.3 is 0 Å². The maximum absolute atomic E-state index is 6.47. The second-order valence-electron chi connectivity index (χ2n) is 12.2. The van der Waals surface area contributed by atoms with Crippen molar-refractivity contribution in [3.05, 3.63) is 119 Å². The van der Waals surface area contributed by atoms with Gasteiger partial charge in [-0.2, -0.15) is 0 Å². The lowest BCUT2D eigenvalue weighted by Crippen LogP contribution is -2.28. The first-order valence-corrected chi connectivity index (χ1v) is 17.0. The Morgan fingerprint density at radius 2 is 1.61 bits per heavy atom. The summed E-state index contributed by atoms with van der Waals surface area (Å²) in [6.45, 7) is 11.8. The third-order valence-corrected chi connectivity index (χ3v) is 8.76. The molecule has 3 aromatic rings. The molecule has 1 fully saturated rings. The summed E-state index contributed by atoms with van der Waals surface area (Å²) in [6, 6.07) is 28.5. The molecule has 198 valence electrons. The van der Waals surface area contributed by atoms with E-state index >= 15 is 0 Å². The van der Waals surface area contributed by atoms with Gasteiger partial charge in [0.15, 0.2) is 0 Å². The monoisotopic (exact) mass is 522 g/mol. The number of fused-ring (bicyclic) bond motifs is 2. The van der Waals surface area contributed by atoms with Crippen LogP contribution in [0.4, 0.5) is 0 Å². The number of allylic oxidation sites excluding steroid dienone is 3. The summed E-state index contributed by atoms with van der Waals surface area (Å²) in [6.07, 6.45) is 8.11. The molecule has 0 saturated heterocycles. The molecule has 2 nitrogen and oxygen atoms in total. The predicted molar refractivity (Wildman–Crippen MR) is 162 cm³/mol. The highest BCUT2D eigenvalue weighted by Gasteiger charge is 2.38. The van der Waals surface area contributed by atoms with E-state index in [9.17, 15) is 0 Å². The van der Waals surface area contributed by atoms with Crippen LogP contribution in [0.5, 0.6) is 5.75 Å². The molecular weight excluding hydrogens is 480 g/mol. The average molecular weight is 523 g/mol. The summed E-state index contributed by atoms with van der Waals surface area (Å²) >= 11 is 0. The second-order valence-corrected chi connectivity index (χ2v) is 14.5. The Kier molecular flexibility index (Phi) is 7.95. The first-order chi connectivity index (χ1) is 18.3. The van der Waals surface area contributed by atoms with Crippen molar-refractivity contribution in [2.24, 2.45) is 11.8 Å². The van der Waals surface area contributed by atoms with Crippen LogP contribution < -0.4 is 4.43 Å². The molecule has 0 spiro atoms. The molecule has 3 unspecified atom stereocenters. The summed E-state index contributed by atoms with van der Waals surface area (Å²) < 4.78 is 12.9. The van der Waals surface area contributed by atoms with Gasteiger partial charge in [0.05, 0.1) is 6.26 Å². The minimum absolute atomic E-state index is 0.0271. The van der Waals surface area contributed by atoms with Crippen LogP contribution in [0, 0.1) is 11.8 Å². The third-order valence-electron chi connectivity index (χ3n) is 8.05. The predicted octanol–water partition coefficient (Wildman–Crippen LogP) is 9.04. The van der Waals surface area contributed by atoms with Crippen LogP contribution in [0.2, 0.25) is 13.1 Å². The van der Waals surface area contributed by atoms with E-state index in [4.69, 9.17) is 9.16 Å². The van der Waals surface area contributed by atoms with Crippen LogP contribution in [0.15, 0.2) is 96.8 Å². The van der Waals surface area contributed by atoms with Crippen LogP contribution in [0.3, 0.4) is 0 Å². The number of ether oxygens (including phenoxy) is 1. The SMILES string of the molecule is C[SiH](C)Oc1c(COC=C2CCC3CC2C(c2ccccc2)C=C3c2ccccc2)cccc1C(C)(C)C. The molecule has 3 atom stereocenters. The minimum atomic E-state index is -1.25. The lowest BCUT2D eigenvalue weighted by atomic mass is 9.63. The van der Waals surface area contributed by atoms with Gasteiger partial charge in [-0.25, -0.2) is 0 Å². The summed E-state index contributed by atoms with van der Waals surface area (Å²) in [7, 11) is -1.25. The van der Waals surface area contributed by atoms with Gasteiger partial charge in [-0.15, -0.1) is 0 Å². The molecule has 1 saturated carbocycles. The van der Waals surface area contributed by atoms with Gasteiger partial charge in [0.2, 0.25) is 9.04 Å². The van der Waals surface area contributed by atoms with E-state index in [2.05, 4.69) is 125 Å². The fourth-order valence-electron chi connectivity index (χ4n) is 6.22. The molecule has 3 aromatic carbocycles. The van der Waals surface area contributed by atoms with E-state index in [1.165, 1.54) is 40.7 Å². The molecule has 2 aliphatic rings. The highest BCUT2D eigenvalue weighted by Crippen LogP contribution is 2.51. The zero-order valence-corrected chi connectivity index (χ0v) is 24.8. The number of benzene rings is 3. The number of hydrogen-bond donors (Lipinski definition) is 0. The quantitative estimate of drug-likeness (QED) is 0.228. The summed E-state index contributed by atoms with van der Waals surface area (Å²) in [5.41, 5.74) is 8.19. The normalized spacial score (nSPS) is 22.3. The molecule has 2 aliphatic carbocycles. The molecule has 5 rings (SSSR count). The number of rotatable bonds is 7. The maximum Gasteiger partial charge on any atom is 0.229 e. The number of para-hydroxylation sites is 1. The molecule has 0 heterocycles. The van der Waals surface area contributed by atoms with Crippen LogP contribution in [-0.2, 0) is 16.8 Å². The molecule has 0 amide bonds. The van der Waals surface area contributed by atoms with Crippen LogP contribution in [0.25, 0.3) is 5.57 Å². The fourth-order valence-corrected chi connectivity index (χ4v) is 6.97. The summed E-state index contributed by atoms with van der Waals surface area (Å²) in [5, 5.41) is 0. The van der Waals surface area contributed by atoms with Crippen molar-refractivity contribution >= 4 is 14.6 Å². The van der Waals surface area contributed by atoms with E-state index in [0.717, 1.165) is 17.7 Å². The zero-order valence-electron chi connectivity index (χ0n) is 23.6. The van der Waals surface area contributed by atoms with E-state index in [1.54, 1.807) is 0 Å². The third kappa shape index (κ3) is 5.83. The molecule has 2 bridgehead atoms. The smallest absolute Gasteiger partial charge is 0.229 e. The van der Waals surface area contributed by atoms with Gasteiger partial charge in [-0.1, -0.05) is 106 Å². The Balaban J connectivity index is 1.42. The Bertz CT molecular complexity index is 1280. The standard InChI is InChI=1S/C35H42O2Si/c1-35(2,3)33-18-12-17-29(34(33)37-38(4)5)24-36-23-28-20-19-27-21-31(28)32(26-15-10-7-11-16-26)22-30(27)25-13-8-6-9-14-25/h6-18,22-23,27,31-32,38H,19-21,24H2,1-5H3. The number of hydrogen-bond acceptors (Lipinski definition) is 2. The zero-order chi connectivity index (χ0) is 26.7. The van der Waals surface area contributed by atoms with Crippen molar-refractivity contribution in [2.45, 2.75) is 71.1 Å². The van der Waals surface area contributed by atoms with Crippen molar-refractivity contribution in [1.82, 2.24) is 0 Å². The van der Waals surface area contributed by atoms with Gasteiger partial charge in [-0.3, -0.25) is 0 Å². The van der Waals surface area contributed by atoms with Crippen molar-refractivity contribution in [1.29, 1.82) is 0 Å². The summed E-state index contributed by atoms with van der Waals surface area (Å²) in [4.78, 5) is 0. The Labute approximate surface area is 231 Å². The van der Waals surface area contributed by atoms with Gasteiger partial charge in [0.25, 0.3) is 0 Å². The van der Waals surface area contributed by atoms with E-state index in [-0.39, 0.29) is 5.41 Å². The Hall–Kier alpha value is -3.04. The van der Waals surface area contributed by atoms with E-state index in [1.807, 2.05) is 0 Å². The van der Waals surface area contributed by atoms with Crippen LogP contribution in [-0.4, -0.2) is 9.04 Å². The van der Waals surface area contributed by atoms with Crippen molar-refractivity contribution in [3.63, 3.8) is 0 Å². The lowest BCUT2D eigenvalue weighted by molar-refractivity contribution is 0.219. The van der Waals surface area contributed by atoms with Gasteiger partial charge in [-0.05, 0) is 77.4 Å². The Morgan fingerprint density at radius 3 is 2.29 bits per heavy atom. The fraction of sp³-hybridized carbons (Fsp3) is 0.371. The highest BCUT2D eigenvalue weighted by molar-refractivity contribution is 6.49. The van der Waals surface area contributed by atoms with Crippen molar-refractivity contribution in [3.8, 4) is 5.75 Å². The highest BCUT2D eigenvalue weighted by atomic mass is 28.3. The molecule has 0 N–H and O–H groups in total. The molecule has 38 heavy (non-hydrogen) atoms. The lowest BCUT2D eigenvalue weighted by Gasteiger charge is -2.41. The topological polar surface area (TPSA) is 18.5 Å². The van der Waals surface area contributed by atoms with Crippen LogP contribution >= 0.6 is 0 Å². The van der Waals surface area contributed by atoms with Crippen molar-refractivity contribution < 1.29 is 9.16 Å². The Morgan fingerprint density at radius 1 is 0.895 bits per heavy atom. The summed E-state index contributed by atoms with van der Waals surface area (Å²) in [5.74, 6) is 2.49. The molecular formula is C35H42O2Si. The average Bonchev–Trinajstić information content (AvgIpc) is 2.91. The molecule has 0 radical (unpaired) electrons. The minimum Gasteiger partial charge on any atom is -0.547 e.